The number of rotatable bonds is 12. The molecule has 214 valence electrons. The van der Waals surface area contributed by atoms with E-state index in [1.807, 2.05) is 35.7 Å². The van der Waals surface area contributed by atoms with Gasteiger partial charge in [0.15, 0.2) is 11.5 Å². The zero-order valence-electron chi connectivity index (χ0n) is 22.5. The van der Waals surface area contributed by atoms with E-state index in [0.717, 1.165) is 23.3 Å². The zero-order valence-corrected chi connectivity index (χ0v) is 24.9. The number of carbonyl (C=O) groups excluding carboxylic acids is 2. The highest BCUT2D eigenvalue weighted by Crippen LogP contribution is 2.30. The lowest BCUT2D eigenvalue weighted by Gasteiger charge is -2.29. The summed E-state index contributed by atoms with van der Waals surface area (Å²) in [6.07, 6.45) is 2.20. The fourth-order valence-corrected chi connectivity index (χ4v) is 5.71. The number of hydrogen-bond donors (Lipinski definition) is 1. The van der Waals surface area contributed by atoms with Crippen molar-refractivity contribution in [2.45, 2.75) is 31.9 Å². The number of urea groups is 1. The lowest BCUT2D eigenvalue weighted by atomic mass is 10.1. The molecule has 0 bridgehead atoms. The largest absolute Gasteiger partial charge is 0.493 e. The van der Waals surface area contributed by atoms with E-state index in [1.165, 1.54) is 4.90 Å². The van der Waals surface area contributed by atoms with Crippen LogP contribution in [-0.4, -0.2) is 68.3 Å². The number of nitrogens with one attached hydrogen (secondary N) is 1. The summed E-state index contributed by atoms with van der Waals surface area (Å²) < 4.78 is 16.6. The highest BCUT2D eigenvalue weighted by atomic mass is 35.5. The van der Waals surface area contributed by atoms with Crippen molar-refractivity contribution in [3.05, 3.63) is 74.4 Å². The van der Waals surface area contributed by atoms with E-state index in [-0.39, 0.29) is 25.1 Å². The number of thiophene rings is 1. The molecular weight excluding hydrogens is 573 g/mol. The third-order valence-electron chi connectivity index (χ3n) is 6.65. The number of benzene rings is 2. The van der Waals surface area contributed by atoms with Gasteiger partial charge in [0, 0.05) is 24.6 Å². The Morgan fingerprint density at radius 1 is 1.05 bits per heavy atom. The van der Waals surface area contributed by atoms with Crippen LogP contribution in [0, 0.1) is 0 Å². The van der Waals surface area contributed by atoms with Gasteiger partial charge in [0.2, 0.25) is 5.91 Å². The lowest BCUT2D eigenvalue weighted by molar-refractivity contribution is -0.132. The Labute approximate surface area is 248 Å². The third-order valence-corrected chi connectivity index (χ3v) is 8.14. The van der Waals surface area contributed by atoms with Crippen molar-refractivity contribution >= 4 is 52.2 Å². The Kier molecular flexibility index (Phi) is 10.9. The lowest BCUT2D eigenvalue weighted by Crippen LogP contribution is -2.47. The summed E-state index contributed by atoms with van der Waals surface area (Å²) in [4.78, 5) is 31.5. The number of methoxy groups -OCH3 is 2. The van der Waals surface area contributed by atoms with Crippen LogP contribution in [0.2, 0.25) is 10.0 Å². The summed E-state index contributed by atoms with van der Waals surface area (Å²) in [6, 6.07) is 14.2. The topological polar surface area (TPSA) is 80.3 Å². The van der Waals surface area contributed by atoms with Gasteiger partial charge in [0.1, 0.15) is 6.54 Å². The average Bonchev–Trinajstić information content (AvgIpc) is 3.67. The predicted molar refractivity (Wildman–Crippen MR) is 159 cm³/mol. The van der Waals surface area contributed by atoms with Crippen LogP contribution in [0.5, 0.6) is 11.5 Å². The molecule has 1 aliphatic heterocycles. The van der Waals surface area contributed by atoms with E-state index in [2.05, 4.69) is 5.32 Å². The Morgan fingerprint density at radius 2 is 1.82 bits per heavy atom. The Morgan fingerprint density at radius 3 is 2.48 bits per heavy atom. The van der Waals surface area contributed by atoms with Gasteiger partial charge in [-0.15, -0.1) is 11.3 Å². The first-order chi connectivity index (χ1) is 19.4. The first-order valence-corrected chi connectivity index (χ1v) is 14.6. The fourth-order valence-electron chi connectivity index (χ4n) is 4.50. The minimum absolute atomic E-state index is 0.120. The molecule has 0 saturated carbocycles. The molecular formula is C29H33Cl2N3O5S. The molecule has 1 aliphatic rings. The van der Waals surface area contributed by atoms with Gasteiger partial charge in [0.05, 0.1) is 42.6 Å². The van der Waals surface area contributed by atoms with Gasteiger partial charge in [-0.05, 0) is 60.5 Å². The van der Waals surface area contributed by atoms with Crippen LogP contribution in [0.15, 0.2) is 53.9 Å². The molecule has 1 fully saturated rings. The molecule has 1 aromatic heterocycles. The maximum atomic E-state index is 13.8. The van der Waals surface area contributed by atoms with Crippen LogP contribution in [0.4, 0.5) is 10.5 Å². The van der Waals surface area contributed by atoms with Crippen molar-refractivity contribution < 1.29 is 23.8 Å². The molecule has 0 spiro atoms. The number of ether oxygens (including phenoxy) is 3. The number of hydrogen-bond acceptors (Lipinski definition) is 6. The van der Waals surface area contributed by atoms with Crippen molar-refractivity contribution in [1.29, 1.82) is 0 Å². The smallest absolute Gasteiger partial charge is 0.322 e. The minimum Gasteiger partial charge on any atom is -0.493 e. The molecule has 0 aliphatic carbocycles. The van der Waals surface area contributed by atoms with Crippen LogP contribution < -0.4 is 14.8 Å². The van der Waals surface area contributed by atoms with Crippen LogP contribution in [0.25, 0.3) is 0 Å². The monoisotopic (exact) mass is 605 g/mol. The molecule has 1 N–H and O–H groups in total. The van der Waals surface area contributed by atoms with Crippen LogP contribution in [-0.2, 0) is 22.5 Å². The standard InChI is InChI=1S/C29H33Cl2N3O5S/c1-37-25-11-10-20(16-26(25)38-2)12-13-33(18-22-7-5-15-40-22)27(35)19-34(17-21-6-4-14-39-21)29(36)32-28-23(30)8-3-9-24(28)31/h3,5,7-11,15-16,21H,4,6,12-14,17-19H2,1-2H3,(H,32,36)/t21-/m0/s1. The second-order valence-electron chi connectivity index (χ2n) is 9.38. The third kappa shape index (κ3) is 8.04. The van der Waals surface area contributed by atoms with Gasteiger partial charge in [-0.25, -0.2) is 4.79 Å². The van der Waals surface area contributed by atoms with Gasteiger partial charge in [-0.2, -0.15) is 0 Å². The maximum Gasteiger partial charge on any atom is 0.322 e. The molecule has 0 unspecified atom stereocenters. The molecule has 1 saturated heterocycles. The fraction of sp³-hybridized carbons (Fsp3) is 0.379. The Balaban J connectivity index is 1.51. The number of para-hydroxylation sites is 1. The van der Waals surface area contributed by atoms with E-state index in [1.54, 1.807) is 48.7 Å². The molecule has 1 atom stereocenters. The molecule has 0 radical (unpaired) electrons. The number of nitrogens with zero attached hydrogens (tertiary/aromatic N) is 2. The summed E-state index contributed by atoms with van der Waals surface area (Å²) in [5.74, 6) is 1.10. The van der Waals surface area contributed by atoms with Gasteiger partial charge in [0.25, 0.3) is 0 Å². The highest BCUT2D eigenvalue weighted by molar-refractivity contribution is 7.09. The summed E-state index contributed by atoms with van der Waals surface area (Å²) in [5.41, 5.74) is 1.31. The average molecular weight is 607 g/mol. The SMILES string of the molecule is COc1ccc(CCN(Cc2cccs2)C(=O)CN(C[C@@H]2CCCO2)C(=O)Nc2c(Cl)cccc2Cl)cc1OC. The van der Waals surface area contributed by atoms with Crippen molar-refractivity contribution in [2.75, 3.05) is 45.8 Å². The molecule has 40 heavy (non-hydrogen) atoms. The first-order valence-electron chi connectivity index (χ1n) is 13.0. The van der Waals surface area contributed by atoms with Crippen molar-refractivity contribution in [2.24, 2.45) is 0 Å². The van der Waals surface area contributed by atoms with E-state index in [4.69, 9.17) is 37.4 Å². The number of amides is 3. The predicted octanol–water partition coefficient (Wildman–Crippen LogP) is 6.36. The van der Waals surface area contributed by atoms with E-state index in [0.29, 0.717) is 53.3 Å². The molecule has 3 aromatic rings. The quantitative estimate of drug-likeness (QED) is 0.260. The van der Waals surface area contributed by atoms with Gasteiger partial charge in [-0.3, -0.25) is 4.79 Å². The Hall–Kier alpha value is -2.98. The Bertz CT molecular complexity index is 1260. The molecule has 3 amide bonds. The molecule has 8 nitrogen and oxygen atoms in total. The second kappa shape index (κ2) is 14.6. The molecule has 4 rings (SSSR count). The van der Waals surface area contributed by atoms with Crippen molar-refractivity contribution in [3.8, 4) is 11.5 Å². The normalized spacial score (nSPS) is 14.6. The number of carbonyl (C=O) groups is 2. The summed E-state index contributed by atoms with van der Waals surface area (Å²) in [5, 5.41) is 5.42. The molecule has 2 heterocycles. The first kappa shape index (κ1) is 30.0. The van der Waals surface area contributed by atoms with Crippen LogP contribution in [0.1, 0.15) is 23.3 Å². The van der Waals surface area contributed by atoms with Crippen LogP contribution >= 0.6 is 34.5 Å². The summed E-state index contributed by atoms with van der Waals surface area (Å²) in [6.45, 7) is 1.70. The van der Waals surface area contributed by atoms with Crippen molar-refractivity contribution in [1.82, 2.24) is 9.80 Å². The van der Waals surface area contributed by atoms with Crippen LogP contribution in [0.3, 0.4) is 0 Å². The second-order valence-corrected chi connectivity index (χ2v) is 11.2. The van der Waals surface area contributed by atoms with Gasteiger partial charge in [-0.1, -0.05) is 41.4 Å². The van der Waals surface area contributed by atoms with E-state index < -0.39 is 6.03 Å². The summed E-state index contributed by atoms with van der Waals surface area (Å²) in [7, 11) is 3.19. The van der Waals surface area contributed by atoms with E-state index >= 15 is 0 Å². The maximum absolute atomic E-state index is 13.8. The highest BCUT2D eigenvalue weighted by Gasteiger charge is 2.27. The zero-order chi connectivity index (χ0) is 28.5. The van der Waals surface area contributed by atoms with Gasteiger partial charge < -0.3 is 29.3 Å². The van der Waals surface area contributed by atoms with Gasteiger partial charge >= 0.3 is 6.03 Å². The number of halogens is 2. The van der Waals surface area contributed by atoms with Crippen molar-refractivity contribution in [3.63, 3.8) is 0 Å². The van der Waals surface area contributed by atoms with E-state index in [9.17, 15) is 9.59 Å². The number of anilines is 1. The summed E-state index contributed by atoms with van der Waals surface area (Å²) >= 11 is 14.2. The molecule has 11 heteroatoms. The minimum atomic E-state index is -0.463. The molecule has 2 aromatic carbocycles.